The number of hydrogen-bond donors (Lipinski definition) is 0. The standard InChI is InChI=1S/C14H27NO2/c1-6-17-13(16)11(2)15-9-7-12(8-10-15)14(3,4)5/h11-12H,6-10H2,1-5H3. The zero-order valence-corrected chi connectivity index (χ0v) is 12.0. The summed E-state index contributed by atoms with van der Waals surface area (Å²) in [7, 11) is 0. The molecule has 0 amide bonds. The lowest BCUT2D eigenvalue weighted by Crippen LogP contribution is -2.46. The lowest BCUT2D eigenvalue weighted by molar-refractivity contribution is -0.149. The number of hydrogen-bond acceptors (Lipinski definition) is 3. The molecule has 0 aromatic carbocycles. The Kier molecular flexibility index (Phi) is 4.99. The van der Waals surface area contributed by atoms with Crippen molar-refractivity contribution >= 4 is 5.97 Å². The number of piperidine rings is 1. The van der Waals surface area contributed by atoms with Crippen molar-refractivity contribution in [1.82, 2.24) is 4.90 Å². The zero-order valence-electron chi connectivity index (χ0n) is 12.0. The highest BCUT2D eigenvalue weighted by atomic mass is 16.5. The van der Waals surface area contributed by atoms with Crippen LogP contribution in [0.3, 0.4) is 0 Å². The SMILES string of the molecule is CCOC(=O)C(C)N1CCC(C(C)(C)C)CC1. The number of esters is 1. The summed E-state index contributed by atoms with van der Waals surface area (Å²) in [6.45, 7) is 13.2. The van der Waals surface area contributed by atoms with Gasteiger partial charge in [0.05, 0.1) is 6.61 Å². The minimum Gasteiger partial charge on any atom is -0.465 e. The molecule has 0 radical (unpaired) electrons. The molecule has 3 nitrogen and oxygen atoms in total. The smallest absolute Gasteiger partial charge is 0.323 e. The van der Waals surface area contributed by atoms with Crippen molar-refractivity contribution in [2.24, 2.45) is 11.3 Å². The Morgan fingerprint density at radius 1 is 1.35 bits per heavy atom. The molecule has 0 aliphatic carbocycles. The van der Waals surface area contributed by atoms with Crippen molar-refractivity contribution < 1.29 is 9.53 Å². The number of ether oxygens (including phenoxy) is 1. The van der Waals surface area contributed by atoms with Crippen LogP contribution in [0, 0.1) is 11.3 Å². The minimum atomic E-state index is -0.0872. The molecular weight excluding hydrogens is 214 g/mol. The third kappa shape index (κ3) is 3.98. The monoisotopic (exact) mass is 241 g/mol. The normalized spacial score (nSPS) is 21.2. The van der Waals surface area contributed by atoms with Gasteiger partial charge < -0.3 is 4.74 Å². The number of rotatable bonds is 3. The summed E-state index contributed by atoms with van der Waals surface area (Å²) in [5, 5.41) is 0. The average Bonchev–Trinajstić information content (AvgIpc) is 2.27. The van der Waals surface area contributed by atoms with Gasteiger partial charge in [-0.1, -0.05) is 20.8 Å². The summed E-state index contributed by atoms with van der Waals surface area (Å²) < 4.78 is 5.07. The second-order valence-corrected chi connectivity index (χ2v) is 6.10. The van der Waals surface area contributed by atoms with Gasteiger partial charge in [-0.2, -0.15) is 0 Å². The van der Waals surface area contributed by atoms with Gasteiger partial charge in [0.1, 0.15) is 6.04 Å². The van der Waals surface area contributed by atoms with Gasteiger partial charge in [-0.25, -0.2) is 0 Å². The Labute approximate surface area is 106 Å². The molecule has 3 heteroatoms. The quantitative estimate of drug-likeness (QED) is 0.712. The van der Waals surface area contributed by atoms with E-state index in [0.29, 0.717) is 12.0 Å². The maximum absolute atomic E-state index is 11.7. The molecular formula is C14H27NO2. The van der Waals surface area contributed by atoms with E-state index < -0.39 is 0 Å². The van der Waals surface area contributed by atoms with Gasteiger partial charge in [0, 0.05) is 0 Å². The van der Waals surface area contributed by atoms with Crippen LogP contribution in [0.15, 0.2) is 0 Å². The fraction of sp³-hybridized carbons (Fsp3) is 0.929. The van der Waals surface area contributed by atoms with Crippen molar-refractivity contribution in [3.63, 3.8) is 0 Å². The van der Waals surface area contributed by atoms with Crippen LogP contribution in [-0.4, -0.2) is 36.6 Å². The second kappa shape index (κ2) is 5.85. The minimum absolute atomic E-state index is 0.0818. The molecule has 17 heavy (non-hydrogen) atoms. The van der Waals surface area contributed by atoms with Crippen molar-refractivity contribution in [1.29, 1.82) is 0 Å². The fourth-order valence-corrected chi connectivity index (χ4v) is 2.56. The predicted molar refractivity (Wildman–Crippen MR) is 69.8 cm³/mol. The van der Waals surface area contributed by atoms with Gasteiger partial charge in [-0.3, -0.25) is 9.69 Å². The number of carbonyl (C=O) groups is 1. The Hall–Kier alpha value is -0.570. The first-order valence-corrected chi connectivity index (χ1v) is 6.77. The highest BCUT2D eigenvalue weighted by Gasteiger charge is 2.32. The van der Waals surface area contributed by atoms with Crippen LogP contribution in [0.1, 0.15) is 47.5 Å². The maximum Gasteiger partial charge on any atom is 0.323 e. The van der Waals surface area contributed by atoms with E-state index >= 15 is 0 Å². The van der Waals surface area contributed by atoms with E-state index in [9.17, 15) is 4.79 Å². The van der Waals surface area contributed by atoms with Crippen LogP contribution < -0.4 is 0 Å². The van der Waals surface area contributed by atoms with Crippen molar-refractivity contribution in [3.8, 4) is 0 Å². The molecule has 1 atom stereocenters. The molecule has 1 fully saturated rings. The second-order valence-electron chi connectivity index (χ2n) is 6.10. The van der Waals surface area contributed by atoms with Gasteiger partial charge in [-0.05, 0) is 51.1 Å². The van der Waals surface area contributed by atoms with Crippen LogP contribution in [0.2, 0.25) is 0 Å². The van der Waals surface area contributed by atoms with Gasteiger partial charge in [0.2, 0.25) is 0 Å². The topological polar surface area (TPSA) is 29.5 Å². The Bertz CT molecular complexity index is 249. The number of nitrogens with zero attached hydrogens (tertiary/aromatic N) is 1. The summed E-state index contributed by atoms with van der Waals surface area (Å²) in [6.07, 6.45) is 2.38. The molecule has 0 bridgehead atoms. The molecule has 1 rings (SSSR count). The molecule has 0 saturated carbocycles. The van der Waals surface area contributed by atoms with E-state index in [-0.39, 0.29) is 12.0 Å². The Morgan fingerprint density at radius 2 is 1.88 bits per heavy atom. The van der Waals surface area contributed by atoms with E-state index in [1.54, 1.807) is 0 Å². The third-order valence-electron chi connectivity index (χ3n) is 3.93. The van der Waals surface area contributed by atoms with E-state index in [1.807, 2.05) is 13.8 Å². The van der Waals surface area contributed by atoms with Crippen molar-refractivity contribution in [3.05, 3.63) is 0 Å². The molecule has 1 aliphatic heterocycles. The Balaban J connectivity index is 2.44. The molecule has 0 aromatic rings. The molecule has 0 aromatic heterocycles. The van der Waals surface area contributed by atoms with E-state index in [2.05, 4.69) is 25.7 Å². The van der Waals surface area contributed by atoms with E-state index in [0.717, 1.165) is 19.0 Å². The van der Waals surface area contributed by atoms with Gasteiger partial charge in [0.25, 0.3) is 0 Å². The first-order valence-electron chi connectivity index (χ1n) is 6.77. The van der Waals surface area contributed by atoms with Gasteiger partial charge in [0.15, 0.2) is 0 Å². The first-order chi connectivity index (χ1) is 7.86. The van der Waals surface area contributed by atoms with Crippen LogP contribution in [-0.2, 0) is 9.53 Å². The van der Waals surface area contributed by atoms with Gasteiger partial charge in [-0.15, -0.1) is 0 Å². The summed E-state index contributed by atoms with van der Waals surface area (Å²) in [4.78, 5) is 13.9. The summed E-state index contributed by atoms with van der Waals surface area (Å²) in [5.41, 5.74) is 0.388. The molecule has 1 unspecified atom stereocenters. The van der Waals surface area contributed by atoms with Crippen molar-refractivity contribution in [2.75, 3.05) is 19.7 Å². The van der Waals surface area contributed by atoms with E-state index in [4.69, 9.17) is 4.74 Å². The highest BCUT2D eigenvalue weighted by Crippen LogP contribution is 2.34. The van der Waals surface area contributed by atoms with E-state index in [1.165, 1.54) is 12.8 Å². The van der Waals surface area contributed by atoms with Crippen LogP contribution in [0.25, 0.3) is 0 Å². The van der Waals surface area contributed by atoms with Crippen LogP contribution >= 0.6 is 0 Å². The maximum atomic E-state index is 11.7. The third-order valence-corrected chi connectivity index (χ3v) is 3.93. The molecule has 0 spiro atoms. The predicted octanol–water partition coefficient (Wildman–Crippen LogP) is 2.70. The number of likely N-dealkylation sites (tertiary alicyclic amines) is 1. The highest BCUT2D eigenvalue weighted by molar-refractivity contribution is 5.75. The molecule has 0 N–H and O–H groups in total. The summed E-state index contributed by atoms with van der Waals surface area (Å²) in [6, 6.07) is -0.0872. The molecule has 1 aliphatic rings. The molecule has 100 valence electrons. The molecule has 1 heterocycles. The lowest BCUT2D eigenvalue weighted by Gasteiger charge is -2.40. The largest absolute Gasteiger partial charge is 0.465 e. The number of carbonyl (C=O) groups excluding carboxylic acids is 1. The molecule has 1 saturated heterocycles. The fourth-order valence-electron chi connectivity index (χ4n) is 2.56. The first kappa shape index (κ1) is 14.5. The zero-order chi connectivity index (χ0) is 13.1. The van der Waals surface area contributed by atoms with Crippen LogP contribution in [0.5, 0.6) is 0 Å². The lowest BCUT2D eigenvalue weighted by atomic mass is 9.75. The van der Waals surface area contributed by atoms with Gasteiger partial charge >= 0.3 is 5.97 Å². The summed E-state index contributed by atoms with van der Waals surface area (Å²) >= 11 is 0. The van der Waals surface area contributed by atoms with Crippen molar-refractivity contribution in [2.45, 2.75) is 53.5 Å². The Morgan fingerprint density at radius 3 is 2.29 bits per heavy atom. The van der Waals surface area contributed by atoms with Crippen LogP contribution in [0.4, 0.5) is 0 Å². The summed E-state index contributed by atoms with van der Waals surface area (Å²) in [5.74, 6) is 0.690. The average molecular weight is 241 g/mol.